The van der Waals surface area contributed by atoms with Gasteiger partial charge >= 0.3 is 12.1 Å². The van der Waals surface area contributed by atoms with E-state index in [0.29, 0.717) is 6.61 Å². The number of hydrogen-bond donors (Lipinski definition) is 2. The van der Waals surface area contributed by atoms with Crippen LogP contribution in [-0.2, 0) is 25.7 Å². The van der Waals surface area contributed by atoms with Crippen LogP contribution in [0.25, 0.3) is 0 Å². The molecule has 0 spiro atoms. The number of likely N-dealkylation sites (N-methyl/N-ethyl adjacent to an activating group) is 1. The lowest BCUT2D eigenvalue weighted by Gasteiger charge is -2.19. The number of carbonyl (C=O) groups is 3. The number of rotatable bonds is 5. The van der Waals surface area contributed by atoms with Crippen LogP contribution in [0.1, 0.15) is 58.4 Å². The van der Waals surface area contributed by atoms with E-state index in [-0.39, 0.29) is 24.3 Å². The molecule has 1 aliphatic carbocycles. The molecule has 1 aromatic carbocycles. The Hall–Kier alpha value is -2.57. The van der Waals surface area contributed by atoms with E-state index >= 15 is 0 Å². The van der Waals surface area contributed by atoms with Gasteiger partial charge in [-0.3, -0.25) is 9.59 Å². The van der Waals surface area contributed by atoms with Crippen LogP contribution in [-0.4, -0.2) is 37.2 Å². The molecular formula is C22H34N2O5. The van der Waals surface area contributed by atoms with Crippen LogP contribution in [0.2, 0.25) is 0 Å². The van der Waals surface area contributed by atoms with Crippen LogP contribution in [0.3, 0.4) is 0 Å². The maximum Gasteiger partial charge on any atom is 0.408 e. The van der Waals surface area contributed by atoms with Crippen LogP contribution >= 0.6 is 0 Å². The van der Waals surface area contributed by atoms with Crippen molar-refractivity contribution in [2.45, 2.75) is 65.1 Å². The molecule has 29 heavy (non-hydrogen) atoms. The fourth-order valence-corrected chi connectivity index (χ4v) is 2.74. The van der Waals surface area contributed by atoms with E-state index in [1.807, 2.05) is 30.3 Å². The number of carbonyl (C=O) groups excluding carboxylic acids is 3. The summed E-state index contributed by atoms with van der Waals surface area (Å²) in [5, 5.41) is 4.69. The van der Waals surface area contributed by atoms with Gasteiger partial charge in [-0.05, 0) is 39.2 Å². The molecule has 0 aromatic heterocycles. The Kier molecular flexibility index (Phi) is 10.8. The number of nitrogens with one attached hydrogen (secondary N) is 2. The molecule has 1 aliphatic rings. The predicted molar refractivity (Wildman–Crippen MR) is 111 cm³/mol. The summed E-state index contributed by atoms with van der Waals surface area (Å²) in [6.07, 6.45) is 5.04. The summed E-state index contributed by atoms with van der Waals surface area (Å²) < 4.78 is 10.2. The van der Waals surface area contributed by atoms with E-state index in [4.69, 9.17) is 9.47 Å². The largest absolute Gasteiger partial charge is 0.461 e. The van der Waals surface area contributed by atoms with Gasteiger partial charge in [0.05, 0.1) is 12.5 Å². The van der Waals surface area contributed by atoms with Gasteiger partial charge in [0.25, 0.3) is 0 Å². The minimum atomic E-state index is -0.587. The van der Waals surface area contributed by atoms with Gasteiger partial charge in [-0.1, -0.05) is 49.6 Å². The highest BCUT2D eigenvalue weighted by Crippen LogP contribution is 2.24. The Labute approximate surface area is 173 Å². The van der Waals surface area contributed by atoms with Crippen LogP contribution in [0, 0.1) is 5.92 Å². The number of esters is 1. The standard InChI is InChI=1S/C14H18O2.C8H16N2O3/c15-14(13-9-5-2-6-10-13)16-11-12-7-3-1-4-8-12;1-8(2,3)13-7(12)10-5-6(11)9-4/h1,3-4,7-8,13H,2,5-6,9-11H2;5H2,1-4H3,(H,9,11)(H,10,12). The first-order valence-electron chi connectivity index (χ1n) is 10.1. The minimum absolute atomic E-state index is 0.0106. The molecule has 0 aliphatic heterocycles. The van der Waals surface area contributed by atoms with E-state index in [0.717, 1.165) is 18.4 Å². The van der Waals surface area contributed by atoms with Crippen molar-refractivity contribution in [1.82, 2.24) is 10.6 Å². The van der Waals surface area contributed by atoms with Gasteiger partial charge in [-0.15, -0.1) is 0 Å². The van der Waals surface area contributed by atoms with Crippen molar-refractivity contribution in [3.8, 4) is 0 Å². The fraction of sp³-hybridized carbons (Fsp3) is 0.591. The highest BCUT2D eigenvalue weighted by atomic mass is 16.6. The summed E-state index contributed by atoms with van der Waals surface area (Å²) in [4.78, 5) is 33.4. The van der Waals surface area contributed by atoms with Gasteiger partial charge in [-0.25, -0.2) is 4.79 Å². The van der Waals surface area contributed by atoms with Gasteiger partial charge in [0.15, 0.2) is 0 Å². The van der Waals surface area contributed by atoms with Crippen molar-refractivity contribution >= 4 is 18.0 Å². The Morgan fingerprint density at radius 3 is 2.21 bits per heavy atom. The first-order valence-corrected chi connectivity index (χ1v) is 10.1. The second kappa shape index (κ2) is 12.8. The molecule has 2 N–H and O–H groups in total. The molecule has 0 bridgehead atoms. The monoisotopic (exact) mass is 406 g/mol. The average molecular weight is 407 g/mol. The number of amides is 2. The van der Waals surface area contributed by atoms with Crippen LogP contribution in [0.5, 0.6) is 0 Å². The van der Waals surface area contributed by atoms with Gasteiger partial charge in [-0.2, -0.15) is 0 Å². The average Bonchev–Trinajstić information content (AvgIpc) is 2.71. The van der Waals surface area contributed by atoms with E-state index in [1.54, 1.807) is 20.8 Å². The maximum absolute atomic E-state index is 11.7. The molecule has 2 amide bonds. The maximum atomic E-state index is 11.7. The van der Waals surface area contributed by atoms with Crippen molar-refractivity contribution < 1.29 is 23.9 Å². The van der Waals surface area contributed by atoms with Crippen LogP contribution in [0.15, 0.2) is 30.3 Å². The normalized spacial score (nSPS) is 14.1. The summed E-state index contributed by atoms with van der Waals surface area (Å²) in [6.45, 7) is 5.62. The molecular weight excluding hydrogens is 372 g/mol. The van der Waals surface area contributed by atoms with E-state index in [2.05, 4.69) is 10.6 Å². The Morgan fingerprint density at radius 1 is 1.03 bits per heavy atom. The number of alkyl carbamates (subject to hydrolysis) is 1. The third kappa shape index (κ3) is 11.8. The zero-order valence-corrected chi connectivity index (χ0v) is 18.0. The first kappa shape index (κ1) is 24.5. The van der Waals surface area contributed by atoms with Crippen molar-refractivity contribution in [1.29, 1.82) is 0 Å². The molecule has 1 aromatic rings. The Balaban J connectivity index is 0.000000298. The highest BCUT2D eigenvalue weighted by molar-refractivity contribution is 5.81. The predicted octanol–water partition coefficient (Wildman–Crippen LogP) is 3.57. The molecule has 2 rings (SSSR count). The molecule has 7 nitrogen and oxygen atoms in total. The lowest BCUT2D eigenvalue weighted by atomic mass is 9.89. The van der Waals surface area contributed by atoms with E-state index in [9.17, 15) is 14.4 Å². The molecule has 162 valence electrons. The van der Waals surface area contributed by atoms with E-state index < -0.39 is 11.7 Å². The van der Waals surface area contributed by atoms with E-state index in [1.165, 1.54) is 26.3 Å². The van der Waals surface area contributed by atoms with Gasteiger partial charge in [0, 0.05) is 7.05 Å². The first-order chi connectivity index (χ1) is 13.7. The molecule has 0 unspecified atom stereocenters. The molecule has 1 fully saturated rings. The highest BCUT2D eigenvalue weighted by Gasteiger charge is 2.22. The zero-order chi connectivity index (χ0) is 21.7. The quantitative estimate of drug-likeness (QED) is 0.729. The lowest BCUT2D eigenvalue weighted by Crippen LogP contribution is -2.38. The second-order valence-corrected chi connectivity index (χ2v) is 7.96. The lowest BCUT2D eigenvalue weighted by molar-refractivity contribution is -0.151. The molecule has 0 heterocycles. The molecule has 1 saturated carbocycles. The SMILES string of the molecule is CNC(=O)CNC(=O)OC(C)(C)C.O=C(OCc1ccccc1)C1CCCCC1. The third-order valence-corrected chi connectivity index (χ3v) is 4.23. The molecule has 0 saturated heterocycles. The summed E-state index contributed by atoms with van der Waals surface area (Å²) in [5.41, 5.74) is 0.527. The zero-order valence-electron chi connectivity index (χ0n) is 18.0. The minimum Gasteiger partial charge on any atom is -0.461 e. The Morgan fingerprint density at radius 2 is 1.66 bits per heavy atom. The topological polar surface area (TPSA) is 93.7 Å². The smallest absolute Gasteiger partial charge is 0.408 e. The summed E-state index contributed by atoms with van der Waals surface area (Å²) in [7, 11) is 1.50. The van der Waals surface area contributed by atoms with Gasteiger partial charge in [0.2, 0.25) is 5.91 Å². The van der Waals surface area contributed by atoms with Crippen LogP contribution < -0.4 is 10.6 Å². The number of benzene rings is 1. The van der Waals surface area contributed by atoms with Crippen molar-refractivity contribution in [3.63, 3.8) is 0 Å². The molecule has 7 heteroatoms. The number of hydrogen-bond acceptors (Lipinski definition) is 5. The second-order valence-electron chi connectivity index (χ2n) is 7.96. The molecule has 0 atom stereocenters. The van der Waals surface area contributed by atoms with Gasteiger partial charge < -0.3 is 20.1 Å². The van der Waals surface area contributed by atoms with Crippen LogP contribution in [0.4, 0.5) is 4.79 Å². The van der Waals surface area contributed by atoms with Crippen molar-refractivity contribution in [2.24, 2.45) is 5.92 Å². The summed E-state index contributed by atoms with van der Waals surface area (Å²) in [6, 6.07) is 9.85. The summed E-state index contributed by atoms with van der Waals surface area (Å²) >= 11 is 0. The molecule has 0 radical (unpaired) electrons. The van der Waals surface area contributed by atoms with Crippen molar-refractivity contribution in [2.75, 3.05) is 13.6 Å². The fourth-order valence-electron chi connectivity index (χ4n) is 2.74. The van der Waals surface area contributed by atoms with Gasteiger partial charge in [0.1, 0.15) is 12.2 Å². The number of ether oxygens (including phenoxy) is 2. The van der Waals surface area contributed by atoms with Crippen molar-refractivity contribution in [3.05, 3.63) is 35.9 Å². The third-order valence-electron chi connectivity index (χ3n) is 4.23. The summed E-state index contributed by atoms with van der Waals surface area (Å²) in [5.74, 6) is -0.119. The Bertz CT molecular complexity index is 634.